The molecule has 1 atom stereocenters. The van der Waals surface area contributed by atoms with Crippen LogP contribution in [0.5, 0.6) is 0 Å². The average Bonchev–Trinajstić information content (AvgIpc) is 2.41. The standard InChI is InChI=1S/C14H12ClFN2O2/c1-9(11-4-2-3-5-12(11)15)17-14-8-10(18(19)20)6-7-13(14)16/h2-9,17H,1H3. The van der Waals surface area contributed by atoms with Gasteiger partial charge < -0.3 is 5.32 Å². The highest BCUT2D eigenvalue weighted by molar-refractivity contribution is 6.31. The highest BCUT2D eigenvalue weighted by Crippen LogP contribution is 2.28. The molecule has 0 saturated carbocycles. The van der Waals surface area contributed by atoms with Gasteiger partial charge in [-0.25, -0.2) is 4.39 Å². The second-order valence-electron chi connectivity index (χ2n) is 4.31. The van der Waals surface area contributed by atoms with E-state index in [1.807, 2.05) is 12.1 Å². The molecule has 0 fully saturated rings. The van der Waals surface area contributed by atoms with Crippen molar-refractivity contribution in [2.75, 3.05) is 5.32 Å². The zero-order valence-electron chi connectivity index (χ0n) is 10.6. The normalized spacial score (nSPS) is 11.9. The monoisotopic (exact) mass is 294 g/mol. The third-order valence-electron chi connectivity index (χ3n) is 2.90. The van der Waals surface area contributed by atoms with E-state index in [1.165, 1.54) is 6.07 Å². The SMILES string of the molecule is CC(Nc1cc([N+](=O)[O-])ccc1F)c1ccccc1Cl. The molecule has 0 saturated heterocycles. The van der Waals surface area contributed by atoms with Gasteiger partial charge in [0.05, 0.1) is 16.7 Å². The molecule has 1 unspecified atom stereocenters. The summed E-state index contributed by atoms with van der Waals surface area (Å²) in [7, 11) is 0. The van der Waals surface area contributed by atoms with Crippen LogP contribution in [0.25, 0.3) is 0 Å². The first-order valence-electron chi connectivity index (χ1n) is 5.94. The Balaban J connectivity index is 2.28. The summed E-state index contributed by atoms with van der Waals surface area (Å²) in [5, 5.41) is 14.2. The molecule has 6 heteroatoms. The van der Waals surface area contributed by atoms with Crippen LogP contribution in [0.1, 0.15) is 18.5 Å². The Bertz CT molecular complexity index is 649. The van der Waals surface area contributed by atoms with Crippen molar-refractivity contribution in [2.24, 2.45) is 0 Å². The van der Waals surface area contributed by atoms with E-state index in [0.717, 1.165) is 17.7 Å². The van der Waals surface area contributed by atoms with Gasteiger partial charge in [-0.05, 0) is 24.6 Å². The number of rotatable bonds is 4. The van der Waals surface area contributed by atoms with Gasteiger partial charge in [0.25, 0.3) is 5.69 Å². The highest BCUT2D eigenvalue weighted by atomic mass is 35.5. The van der Waals surface area contributed by atoms with Gasteiger partial charge in [0.2, 0.25) is 0 Å². The summed E-state index contributed by atoms with van der Waals surface area (Å²) in [4.78, 5) is 10.1. The second kappa shape index (κ2) is 5.88. The molecule has 0 amide bonds. The number of halogens is 2. The molecule has 0 heterocycles. The number of nitro benzene ring substituents is 1. The number of hydrogen-bond acceptors (Lipinski definition) is 3. The molecule has 20 heavy (non-hydrogen) atoms. The molecule has 2 aromatic carbocycles. The lowest BCUT2D eigenvalue weighted by atomic mass is 10.1. The Labute approximate surface area is 120 Å². The summed E-state index contributed by atoms with van der Waals surface area (Å²) in [5.74, 6) is -0.547. The van der Waals surface area contributed by atoms with Crippen LogP contribution < -0.4 is 5.32 Å². The third-order valence-corrected chi connectivity index (χ3v) is 3.25. The molecule has 0 radical (unpaired) electrons. The van der Waals surface area contributed by atoms with Crippen LogP contribution in [0.3, 0.4) is 0 Å². The quantitative estimate of drug-likeness (QED) is 0.664. The lowest BCUT2D eigenvalue weighted by molar-refractivity contribution is -0.384. The lowest BCUT2D eigenvalue weighted by Crippen LogP contribution is -2.08. The first-order chi connectivity index (χ1) is 9.49. The zero-order chi connectivity index (χ0) is 14.7. The molecule has 0 aromatic heterocycles. The van der Waals surface area contributed by atoms with E-state index in [0.29, 0.717) is 5.02 Å². The van der Waals surface area contributed by atoms with E-state index in [9.17, 15) is 14.5 Å². The minimum absolute atomic E-state index is 0.0756. The van der Waals surface area contributed by atoms with Crippen molar-refractivity contribution in [3.05, 3.63) is 69.0 Å². The van der Waals surface area contributed by atoms with E-state index in [2.05, 4.69) is 5.32 Å². The number of nitrogens with one attached hydrogen (secondary N) is 1. The third kappa shape index (κ3) is 3.05. The van der Waals surface area contributed by atoms with Crippen molar-refractivity contribution in [3.8, 4) is 0 Å². The van der Waals surface area contributed by atoms with Crippen molar-refractivity contribution in [1.82, 2.24) is 0 Å². The maximum Gasteiger partial charge on any atom is 0.271 e. The predicted octanol–water partition coefficient (Wildman–Crippen LogP) is 4.56. The topological polar surface area (TPSA) is 55.2 Å². The van der Waals surface area contributed by atoms with Gasteiger partial charge in [0.1, 0.15) is 5.82 Å². The molecule has 2 rings (SSSR count). The fraction of sp³-hybridized carbons (Fsp3) is 0.143. The van der Waals surface area contributed by atoms with Crippen LogP contribution in [-0.2, 0) is 0 Å². The smallest absolute Gasteiger partial charge is 0.271 e. The fourth-order valence-electron chi connectivity index (χ4n) is 1.87. The van der Waals surface area contributed by atoms with Crippen LogP contribution in [-0.4, -0.2) is 4.92 Å². The van der Waals surface area contributed by atoms with E-state index in [1.54, 1.807) is 19.1 Å². The van der Waals surface area contributed by atoms with Crippen LogP contribution in [0, 0.1) is 15.9 Å². The van der Waals surface area contributed by atoms with E-state index in [-0.39, 0.29) is 17.4 Å². The molecule has 0 bridgehead atoms. The summed E-state index contributed by atoms with van der Waals surface area (Å²) in [6, 6.07) is 10.3. The lowest BCUT2D eigenvalue weighted by Gasteiger charge is -2.17. The highest BCUT2D eigenvalue weighted by Gasteiger charge is 2.14. The average molecular weight is 295 g/mol. The zero-order valence-corrected chi connectivity index (χ0v) is 11.4. The summed E-state index contributed by atoms with van der Waals surface area (Å²) in [6.45, 7) is 1.81. The van der Waals surface area contributed by atoms with Crippen LogP contribution in [0.15, 0.2) is 42.5 Å². The minimum atomic E-state index is -0.565. The van der Waals surface area contributed by atoms with Gasteiger partial charge in [-0.2, -0.15) is 0 Å². The summed E-state index contributed by atoms with van der Waals surface area (Å²) < 4.78 is 13.7. The maximum atomic E-state index is 13.7. The number of nitrogens with zero attached hydrogens (tertiary/aromatic N) is 1. The Hall–Kier alpha value is -2.14. The Morgan fingerprint density at radius 1 is 1.30 bits per heavy atom. The van der Waals surface area contributed by atoms with Crippen LogP contribution in [0.2, 0.25) is 5.02 Å². The molecule has 0 aliphatic rings. The van der Waals surface area contributed by atoms with E-state index in [4.69, 9.17) is 11.6 Å². The largest absolute Gasteiger partial charge is 0.376 e. The van der Waals surface area contributed by atoms with Crippen molar-refractivity contribution in [3.63, 3.8) is 0 Å². The Morgan fingerprint density at radius 2 is 2.00 bits per heavy atom. The molecule has 0 aliphatic carbocycles. The van der Waals surface area contributed by atoms with Gasteiger partial charge in [-0.15, -0.1) is 0 Å². The number of anilines is 1. The molecule has 1 N–H and O–H groups in total. The summed E-state index contributed by atoms with van der Waals surface area (Å²) in [6.07, 6.45) is 0. The van der Waals surface area contributed by atoms with Gasteiger partial charge in [-0.1, -0.05) is 29.8 Å². The van der Waals surface area contributed by atoms with Gasteiger partial charge in [-0.3, -0.25) is 10.1 Å². The molecule has 2 aromatic rings. The van der Waals surface area contributed by atoms with E-state index >= 15 is 0 Å². The number of nitro groups is 1. The minimum Gasteiger partial charge on any atom is -0.376 e. The van der Waals surface area contributed by atoms with Crippen LogP contribution in [0.4, 0.5) is 15.8 Å². The summed E-state index contributed by atoms with van der Waals surface area (Å²) in [5.41, 5.74) is 0.701. The number of non-ortho nitro benzene ring substituents is 1. The van der Waals surface area contributed by atoms with Crippen LogP contribution >= 0.6 is 11.6 Å². The molecule has 104 valence electrons. The van der Waals surface area contributed by atoms with Gasteiger partial charge in [0.15, 0.2) is 0 Å². The summed E-state index contributed by atoms with van der Waals surface area (Å²) >= 11 is 6.06. The molecular weight excluding hydrogens is 283 g/mol. The fourth-order valence-corrected chi connectivity index (χ4v) is 2.17. The molecule has 0 aliphatic heterocycles. The van der Waals surface area contributed by atoms with Crippen molar-refractivity contribution < 1.29 is 9.31 Å². The second-order valence-corrected chi connectivity index (χ2v) is 4.72. The molecule has 0 spiro atoms. The van der Waals surface area contributed by atoms with Crippen molar-refractivity contribution in [1.29, 1.82) is 0 Å². The predicted molar refractivity (Wildman–Crippen MR) is 76.5 cm³/mol. The molecular formula is C14H12ClFN2O2. The first-order valence-corrected chi connectivity index (χ1v) is 6.31. The Kier molecular flexibility index (Phi) is 4.20. The first kappa shape index (κ1) is 14.3. The van der Waals surface area contributed by atoms with Crippen molar-refractivity contribution >= 4 is 23.0 Å². The van der Waals surface area contributed by atoms with Gasteiger partial charge >= 0.3 is 0 Å². The maximum absolute atomic E-state index is 13.7. The van der Waals surface area contributed by atoms with E-state index < -0.39 is 10.7 Å². The molecule has 4 nitrogen and oxygen atoms in total. The van der Waals surface area contributed by atoms with Crippen molar-refractivity contribution in [2.45, 2.75) is 13.0 Å². The number of hydrogen-bond donors (Lipinski definition) is 1. The number of benzene rings is 2. The Morgan fingerprint density at radius 3 is 2.65 bits per heavy atom. The van der Waals surface area contributed by atoms with Gasteiger partial charge in [0, 0.05) is 17.2 Å².